The van der Waals surface area contributed by atoms with Gasteiger partial charge in [-0.2, -0.15) is 0 Å². The van der Waals surface area contributed by atoms with Crippen molar-refractivity contribution in [2.24, 2.45) is 0 Å². The highest BCUT2D eigenvalue weighted by atomic mass is 31.2. The van der Waals surface area contributed by atoms with Gasteiger partial charge in [0.15, 0.2) is 6.23 Å². The first-order valence-corrected chi connectivity index (χ1v) is 7.25. The van der Waals surface area contributed by atoms with Crippen molar-refractivity contribution in [1.82, 2.24) is 9.55 Å². The van der Waals surface area contributed by atoms with Gasteiger partial charge in [0.05, 0.1) is 6.61 Å². The van der Waals surface area contributed by atoms with Crippen molar-refractivity contribution in [3.63, 3.8) is 0 Å². The monoisotopic (exact) mass is 327 g/mol. The van der Waals surface area contributed by atoms with Crippen molar-refractivity contribution in [1.29, 1.82) is 0 Å². The van der Waals surface area contributed by atoms with Crippen LogP contribution in [0.15, 0.2) is 21.9 Å². The average molecular weight is 327 g/mol. The van der Waals surface area contributed by atoms with Crippen LogP contribution < -0.4 is 11.2 Å². The number of aliphatic hydroxyl groups is 2. The lowest BCUT2D eigenvalue weighted by Crippen LogP contribution is -2.37. The van der Waals surface area contributed by atoms with Crippen LogP contribution in [0.25, 0.3) is 0 Å². The molecule has 0 amide bonds. The highest BCUT2D eigenvalue weighted by Gasteiger charge is 2.44. The molecule has 11 nitrogen and oxygen atoms in total. The standard InChI is InChI=1S/C9H13N2O9P/c12-5-1-2-11(9(15)10-5)8-7(14)6(13)4(20-8)3-19-21(16,17)18/h1-2,4,6-8,13-14H,3H2,(H,10,12,15)(H2,16,17,18)/t4-,6+,7-,8-/m1/s1/i9+1,10+1,11+1. The van der Waals surface area contributed by atoms with Crippen LogP contribution in [0.1, 0.15) is 6.23 Å². The second-order valence-electron chi connectivity index (χ2n) is 4.35. The summed E-state index contributed by atoms with van der Waals surface area (Å²) in [5.74, 6) is 0. The normalized spacial score (nSPS) is 29.7. The summed E-state index contributed by atoms with van der Waals surface area (Å²) >= 11 is 0. The number of aromatic amines is 1. The van der Waals surface area contributed by atoms with E-state index in [1.54, 1.807) is 0 Å². The molecule has 0 aromatic carbocycles. The summed E-state index contributed by atoms with van der Waals surface area (Å²) in [5.41, 5.74) is -1.51. The number of aliphatic hydroxyl groups excluding tert-OH is 2. The van der Waals surface area contributed by atoms with E-state index in [4.69, 9.17) is 14.5 Å². The maximum absolute atomic E-state index is 11.6. The summed E-state index contributed by atoms with van der Waals surface area (Å²) in [6.45, 7) is -0.683. The van der Waals surface area contributed by atoms with Gasteiger partial charge < -0.3 is 24.7 Å². The number of nitrogens with one attached hydrogen (secondary N) is 1. The van der Waals surface area contributed by atoms with E-state index in [-0.39, 0.29) is 0 Å². The van der Waals surface area contributed by atoms with Gasteiger partial charge in [-0.15, -0.1) is 0 Å². The largest absolute Gasteiger partial charge is 0.469 e. The zero-order valence-corrected chi connectivity index (χ0v) is 11.3. The SMILES string of the molecule is O=c1cc[15n]([C@@H]2O[C@H](COP(=O)(O)O)[C@H](O)[C@H]2O)[13c](=O)[15nH]1. The predicted molar refractivity (Wildman–Crippen MR) is 65.2 cm³/mol. The molecule has 0 saturated carbocycles. The Morgan fingerprint density at radius 3 is 2.57 bits per heavy atom. The number of aromatic nitrogens is 2. The zero-order chi connectivity index (χ0) is 15.8. The molecule has 118 valence electrons. The molecule has 0 unspecified atom stereocenters. The number of phosphoric acid groups is 1. The van der Waals surface area contributed by atoms with Gasteiger partial charge in [-0.05, 0) is 0 Å². The van der Waals surface area contributed by atoms with E-state index < -0.39 is 50.2 Å². The van der Waals surface area contributed by atoms with E-state index in [9.17, 15) is 24.4 Å². The Morgan fingerprint density at radius 1 is 1.33 bits per heavy atom. The van der Waals surface area contributed by atoms with Gasteiger partial charge in [-0.1, -0.05) is 0 Å². The summed E-state index contributed by atoms with van der Waals surface area (Å²) in [6.07, 6.45) is -4.58. The minimum atomic E-state index is -4.76. The van der Waals surface area contributed by atoms with Crippen molar-refractivity contribution in [3.8, 4) is 0 Å². The first-order valence-electron chi connectivity index (χ1n) is 5.72. The quantitative estimate of drug-likeness (QED) is 0.368. The number of H-pyrrole nitrogens is 1. The number of phosphoric ester groups is 1. The molecule has 1 aliphatic heterocycles. The number of rotatable bonds is 4. The second kappa shape index (κ2) is 5.81. The molecule has 2 heterocycles. The van der Waals surface area contributed by atoms with Crippen LogP contribution in [0.3, 0.4) is 0 Å². The lowest BCUT2D eigenvalue weighted by atomic mass is 10.1. The van der Waals surface area contributed by atoms with E-state index in [1.807, 2.05) is 4.98 Å². The molecule has 1 aromatic heterocycles. The van der Waals surface area contributed by atoms with Gasteiger partial charge in [0.25, 0.3) is 5.56 Å². The summed E-state index contributed by atoms with van der Waals surface area (Å²) in [6, 6.07) is 1.02. The van der Waals surface area contributed by atoms with E-state index >= 15 is 0 Å². The maximum atomic E-state index is 11.6. The number of ether oxygens (including phenoxy) is 1. The van der Waals surface area contributed by atoms with Crippen LogP contribution in [0.2, 0.25) is 0 Å². The number of hydrogen-bond acceptors (Lipinski definition) is 7. The van der Waals surface area contributed by atoms with Gasteiger partial charge in [0, 0.05) is 12.3 Å². The smallest absolute Gasteiger partial charge is 0.387 e. The van der Waals surface area contributed by atoms with Crippen LogP contribution in [-0.4, -0.2) is 54.5 Å². The van der Waals surface area contributed by atoms with Crippen molar-refractivity contribution < 1.29 is 33.8 Å². The molecule has 1 aliphatic rings. The molecule has 1 aromatic rings. The molecule has 0 bridgehead atoms. The van der Waals surface area contributed by atoms with E-state index in [0.29, 0.717) is 0 Å². The molecule has 1 fully saturated rings. The van der Waals surface area contributed by atoms with Gasteiger partial charge in [-0.25, -0.2) is 9.36 Å². The molecule has 12 heteroatoms. The first kappa shape index (κ1) is 16.0. The van der Waals surface area contributed by atoms with Crippen molar-refractivity contribution >= 4 is 7.82 Å². The van der Waals surface area contributed by atoms with Crippen LogP contribution >= 0.6 is 7.82 Å². The fourth-order valence-corrected chi connectivity index (χ4v) is 2.24. The zero-order valence-electron chi connectivity index (χ0n) is 10.4. The van der Waals surface area contributed by atoms with Crippen LogP contribution in [0.5, 0.6) is 0 Å². The molecule has 5 N–H and O–H groups in total. The molecule has 2 rings (SSSR count). The Morgan fingerprint density at radius 2 is 2.00 bits per heavy atom. The molecular formula is C9H13N2O9P. The third kappa shape index (κ3) is 3.66. The Balaban J connectivity index is 2.18. The fourth-order valence-electron chi connectivity index (χ4n) is 1.89. The van der Waals surface area contributed by atoms with Crippen LogP contribution in [-0.2, 0) is 13.8 Å². The fraction of sp³-hybridized carbons (Fsp3) is 0.556. The lowest BCUT2D eigenvalue weighted by molar-refractivity contribution is -0.0543. The molecule has 4 atom stereocenters. The maximum Gasteiger partial charge on any atom is 0.469 e. The van der Waals surface area contributed by atoms with Crippen LogP contribution in [0.4, 0.5) is 0 Å². The van der Waals surface area contributed by atoms with E-state index in [0.717, 1.165) is 16.8 Å². The van der Waals surface area contributed by atoms with Crippen molar-refractivity contribution in [2.75, 3.05) is 6.61 Å². The number of nitrogens with zero attached hydrogens (tertiary/aromatic N) is 1. The highest BCUT2D eigenvalue weighted by Crippen LogP contribution is 2.38. The number of hydrogen-bond donors (Lipinski definition) is 5. The Labute approximate surface area is 116 Å². The van der Waals surface area contributed by atoms with Gasteiger partial charge in [0.1, 0.15) is 18.3 Å². The van der Waals surface area contributed by atoms with E-state index in [1.165, 1.54) is 0 Å². The third-order valence-corrected chi connectivity index (χ3v) is 3.35. The Bertz CT molecular complexity index is 664. The van der Waals surface area contributed by atoms with Gasteiger partial charge in [-0.3, -0.25) is 18.9 Å². The van der Waals surface area contributed by atoms with Crippen LogP contribution in [0, 0.1) is 0 Å². The van der Waals surface area contributed by atoms with Crippen molar-refractivity contribution in [3.05, 3.63) is 33.1 Å². The predicted octanol–water partition coefficient (Wildman–Crippen LogP) is -2.73. The molecule has 0 spiro atoms. The van der Waals surface area contributed by atoms with E-state index in [2.05, 4.69) is 4.52 Å². The average Bonchev–Trinajstić information content (AvgIpc) is 2.64. The summed E-state index contributed by atoms with van der Waals surface area (Å²) < 4.78 is 20.8. The molecular weight excluding hydrogens is 314 g/mol. The Kier molecular flexibility index (Phi) is 4.44. The topological polar surface area (TPSA) is 171 Å². The lowest BCUT2D eigenvalue weighted by Gasteiger charge is -2.16. The summed E-state index contributed by atoms with van der Waals surface area (Å²) in [5, 5.41) is 19.6. The molecule has 21 heavy (non-hydrogen) atoms. The summed E-state index contributed by atoms with van der Waals surface area (Å²) in [4.78, 5) is 41.6. The molecule has 1 saturated heterocycles. The second-order valence-corrected chi connectivity index (χ2v) is 5.59. The van der Waals surface area contributed by atoms with Gasteiger partial charge >= 0.3 is 13.5 Å². The highest BCUT2D eigenvalue weighted by molar-refractivity contribution is 7.46. The minimum absolute atomic E-state index is 0.648. The summed E-state index contributed by atoms with van der Waals surface area (Å²) in [7, 11) is -4.76. The molecule has 0 radical (unpaired) electrons. The minimum Gasteiger partial charge on any atom is -0.387 e. The first-order chi connectivity index (χ1) is 9.69. The Hall–Kier alpha value is -1.33. The third-order valence-electron chi connectivity index (χ3n) is 2.87. The van der Waals surface area contributed by atoms with Crippen molar-refractivity contribution in [2.45, 2.75) is 24.5 Å². The van der Waals surface area contributed by atoms with Gasteiger partial charge in [0.2, 0.25) is 0 Å². The molecule has 0 aliphatic carbocycles.